The smallest absolute Gasteiger partial charge is 0.227 e. The zero-order valence-electron chi connectivity index (χ0n) is 12.9. The number of hydrogen-bond donors (Lipinski definition) is 2. The average Bonchev–Trinajstić information content (AvgIpc) is 3.03. The highest BCUT2D eigenvalue weighted by molar-refractivity contribution is 5.82. The summed E-state index contributed by atoms with van der Waals surface area (Å²) in [6, 6.07) is 9.95. The van der Waals surface area contributed by atoms with Gasteiger partial charge >= 0.3 is 0 Å². The van der Waals surface area contributed by atoms with Crippen molar-refractivity contribution in [3.8, 4) is 5.69 Å². The van der Waals surface area contributed by atoms with E-state index in [4.69, 9.17) is 0 Å². The van der Waals surface area contributed by atoms with Gasteiger partial charge in [-0.3, -0.25) is 4.79 Å². The monoisotopic (exact) mass is 298 g/mol. The van der Waals surface area contributed by atoms with Crippen molar-refractivity contribution in [2.24, 2.45) is 5.41 Å². The van der Waals surface area contributed by atoms with Crippen LogP contribution < -0.4 is 10.6 Å². The first kappa shape index (κ1) is 14.8. The third kappa shape index (κ3) is 3.20. The Morgan fingerprint density at radius 1 is 1.41 bits per heavy atom. The molecule has 1 atom stereocenters. The number of nitrogens with zero attached hydrogens (tertiary/aromatic N) is 2. The van der Waals surface area contributed by atoms with Gasteiger partial charge in [-0.15, -0.1) is 0 Å². The summed E-state index contributed by atoms with van der Waals surface area (Å²) in [4.78, 5) is 12.4. The van der Waals surface area contributed by atoms with Crippen LogP contribution in [0.4, 0.5) is 0 Å². The van der Waals surface area contributed by atoms with Gasteiger partial charge in [0.1, 0.15) is 0 Å². The van der Waals surface area contributed by atoms with Gasteiger partial charge in [-0.05, 0) is 38.4 Å². The molecule has 3 rings (SSSR count). The van der Waals surface area contributed by atoms with E-state index >= 15 is 0 Å². The molecule has 0 bridgehead atoms. The van der Waals surface area contributed by atoms with Crippen LogP contribution in [-0.4, -0.2) is 28.8 Å². The molecule has 1 aromatic heterocycles. The third-order valence-electron chi connectivity index (χ3n) is 4.26. The Morgan fingerprint density at radius 3 is 2.95 bits per heavy atom. The average molecular weight is 298 g/mol. The van der Waals surface area contributed by atoms with Crippen molar-refractivity contribution in [1.29, 1.82) is 0 Å². The van der Waals surface area contributed by atoms with Crippen LogP contribution in [0.2, 0.25) is 0 Å². The zero-order chi connectivity index (χ0) is 15.4. The van der Waals surface area contributed by atoms with E-state index in [1.807, 2.05) is 48.1 Å². The molecule has 1 aliphatic rings. The van der Waals surface area contributed by atoms with Crippen molar-refractivity contribution in [1.82, 2.24) is 20.4 Å². The second-order valence-electron chi connectivity index (χ2n) is 6.15. The molecule has 1 amide bonds. The lowest BCUT2D eigenvalue weighted by atomic mass is 9.82. The van der Waals surface area contributed by atoms with Crippen molar-refractivity contribution in [2.75, 3.05) is 13.1 Å². The quantitative estimate of drug-likeness (QED) is 0.906. The number of benzene rings is 1. The van der Waals surface area contributed by atoms with Crippen LogP contribution in [0.15, 0.2) is 42.7 Å². The number of carbonyl (C=O) groups excluding carboxylic acids is 1. The van der Waals surface area contributed by atoms with Gasteiger partial charge in [0, 0.05) is 24.8 Å². The van der Waals surface area contributed by atoms with Crippen LogP contribution in [0.25, 0.3) is 5.69 Å². The topological polar surface area (TPSA) is 59.0 Å². The molecule has 1 aliphatic heterocycles. The summed E-state index contributed by atoms with van der Waals surface area (Å²) in [6.07, 6.45) is 5.75. The maximum atomic E-state index is 12.4. The van der Waals surface area contributed by atoms with E-state index in [1.54, 1.807) is 6.20 Å². The largest absolute Gasteiger partial charge is 0.351 e. The fourth-order valence-electron chi connectivity index (χ4n) is 2.82. The number of nitrogens with one attached hydrogen (secondary N) is 2. The van der Waals surface area contributed by atoms with Gasteiger partial charge in [0.2, 0.25) is 5.91 Å². The van der Waals surface area contributed by atoms with Gasteiger partial charge in [0.05, 0.1) is 17.3 Å². The summed E-state index contributed by atoms with van der Waals surface area (Å²) in [5, 5.41) is 10.7. The second-order valence-corrected chi connectivity index (χ2v) is 6.15. The van der Waals surface area contributed by atoms with Gasteiger partial charge in [0.15, 0.2) is 0 Å². The molecular weight excluding hydrogens is 276 g/mol. The van der Waals surface area contributed by atoms with Crippen LogP contribution in [0.3, 0.4) is 0 Å². The predicted octanol–water partition coefficient (Wildman–Crippen LogP) is 1.88. The zero-order valence-corrected chi connectivity index (χ0v) is 12.9. The van der Waals surface area contributed by atoms with E-state index in [1.165, 1.54) is 0 Å². The summed E-state index contributed by atoms with van der Waals surface area (Å²) in [5.41, 5.74) is 1.72. The Labute approximate surface area is 130 Å². The fourth-order valence-corrected chi connectivity index (χ4v) is 2.82. The minimum absolute atomic E-state index is 0.118. The highest BCUT2D eigenvalue weighted by Crippen LogP contribution is 2.25. The Bertz CT molecular complexity index is 629. The molecule has 0 radical (unpaired) electrons. The maximum absolute atomic E-state index is 12.4. The number of rotatable bonds is 4. The van der Waals surface area contributed by atoms with Crippen LogP contribution >= 0.6 is 0 Å². The van der Waals surface area contributed by atoms with Crippen LogP contribution in [0, 0.1) is 5.41 Å². The third-order valence-corrected chi connectivity index (χ3v) is 4.26. The lowest BCUT2D eigenvalue weighted by Crippen LogP contribution is -2.48. The molecule has 0 spiro atoms. The first-order valence-electron chi connectivity index (χ1n) is 7.75. The van der Waals surface area contributed by atoms with Gasteiger partial charge in [-0.2, -0.15) is 5.10 Å². The Balaban J connectivity index is 1.60. The summed E-state index contributed by atoms with van der Waals surface area (Å²) in [5.74, 6) is 0.118. The van der Waals surface area contributed by atoms with Crippen molar-refractivity contribution in [2.45, 2.75) is 26.3 Å². The number of para-hydroxylation sites is 1. The minimum Gasteiger partial charge on any atom is -0.351 e. The lowest BCUT2D eigenvalue weighted by Gasteiger charge is -2.32. The molecule has 22 heavy (non-hydrogen) atoms. The van der Waals surface area contributed by atoms with Crippen LogP contribution in [-0.2, 0) is 11.3 Å². The van der Waals surface area contributed by atoms with E-state index < -0.39 is 0 Å². The summed E-state index contributed by atoms with van der Waals surface area (Å²) >= 11 is 0. The number of aromatic nitrogens is 2. The molecule has 2 aromatic rings. The molecule has 2 N–H and O–H groups in total. The van der Waals surface area contributed by atoms with Gasteiger partial charge in [0.25, 0.3) is 0 Å². The molecule has 1 saturated heterocycles. The van der Waals surface area contributed by atoms with E-state index in [9.17, 15) is 4.79 Å². The normalized spacial score (nSPS) is 21.5. The van der Waals surface area contributed by atoms with E-state index in [0.29, 0.717) is 6.54 Å². The number of amides is 1. The summed E-state index contributed by atoms with van der Waals surface area (Å²) in [6.45, 7) is 4.30. The molecule has 116 valence electrons. The fraction of sp³-hybridized carbons (Fsp3) is 0.412. The van der Waals surface area contributed by atoms with Gasteiger partial charge in [-0.25, -0.2) is 4.68 Å². The van der Waals surface area contributed by atoms with Crippen molar-refractivity contribution >= 4 is 5.91 Å². The molecule has 1 aromatic carbocycles. The van der Waals surface area contributed by atoms with E-state index in [2.05, 4.69) is 15.7 Å². The molecule has 5 heteroatoms. The first-order valence-corrected chi connectivity index (χ1v) is 7.75. The van der Waals surface area contributed by atoms with E-state index in [0.717, 1.165) is 37.2 Å². The predicted molar refractivity (Wildman–Crippen MR) is 85.6 cm³/mol. The molecule has 1 fully saturated rings. The standard InChI is InChI=1S/C17H22N4O/c1-17(8-5-9-18-13-17)16(22)19-10-14-11-20-21(12-14)15-6-3-2-4-7-15/h2-4,6-7,11-12,18H,5,8-10,13H2,1H3,(H,19,22). The molecule has 0 aliphatic carbocycles. The molecule has 5 nitrogen and oxygen atoms in total. The van der Waals surface area contributed by atoms with Crippen molar-refractivity contribution < 1.29 is 4.79 Å². The van der Waals surface area contributed by atoms with Crippen LogP contribution in [0.1, 0.15) is 25.3 Å². The highest BCUT2D eigenvalue weighted by Gasteiger charge is 2.34. The summed E-state index contributed by atoms with van der Waals surface area (Å²) in [7, 11) is 0. The van der Waals surface area contributed by atoms with Crippen molar-refractivity contribution in [3.05, 3.63) is 48.3 Å². The van der Waals surface area contributed by atoms with Gasteiger partial charge < -0.3 is 10.6 Å². The molecular formula is C17H22N4O. The van der Waals surface area contributed by atoms with Crippen LogP contribution in [0.5, 0.6) is 0 Å². The first-order chi connectivity index (χ1) is 10.7. The Kier molecular flexibility index (Phi) is 4.24. The lowest BCUT2D eigenvalue weighted by molar-refractivity contribution is -0.131. The van der Waals surface area contributed by atoms with Gasteiger partial charge in [-0.1, -0.05) is 18.2 Å². The number of piperidine rings is 1. The Hall–Kier alpha value is -2.14. The summed E-state index contributed by atoms with van der Waals surface area (Å²) < 4.78 is 1.82. The van der Waals surface area contributed by atoms with E-state index in [-0.39, 0.29) is 11.3 Å². The highest BCUT2D eigenvalue weighted by atomic mass is 16.2. The number of hydrogen-bond acceptors (Lipinski definition) is 3. The number of carbonyl (C=O) groups is 1. The molecule has 0 saturated carbocycles. The SMILES string of the molecule is CC1(C(=O)NCc2cnn(-c3ccccc3)c2)CCCNC1. The maximum Gasteiger partial charge on any atom is 0.227 e. The molecule has 1 unspecified atom stereocenters. The Morgan fingerprint density at radius 2 is 2.23 bits per heavy atom. The molecule has 2 heterocycles. The van der Waals surface area contributed by atoms with Crippen molar-refractivity contribution in [3.63, 3.8) is 0 Å². The second kappa shape index (κ2) is 6.32. The minimum atomic E-state index is -0.298.